The van der Waals surface area contributed by atoms with E-state index in [0.717, 1.165) is 16.9 Å². The van der Waals surface area contributed by atoms with Gasteiger partial charge in [-0.2, -0.15) is 0 Å². The molecular formula is C24H27FN6O2. The van der Waals surface area contributed by atoms with Crippen LogP contribution in [0, 0.1) is 5.82 Å². The fraction of sp³-hybridized carbons (Fsp3) is 0.333. The molecule has 3 aromatic rings. The van der Waals surface area contributed by atoms with Crippen molar-refractivity contribution in [3.05, 3.63) is 84.5 Å². The van der Waals surface area contributed by atoms with Crippen LogP contribution in [0.5, 0.6) is 5.75 Å². The van der Waals surface area contributed by atoms with E-state index in [1.54, 1.807) is 29.2 Å². The maximum absolute atomic E-state index is 13.1. The van der Waals surface area contributed by atoms with Crippen LogP contribution >= 0.6 is 0 Å². The lowest BCUT2D eigenvalue weighted by molar-refractivity contribution is -0.125. The van der Waals surface area contributed by atoms with Crippen LogP contribution in [0.15, 0.2) is 67.5 Å². The second kappa shape index (κ2) is 10.8. The van der Waals surface area contributed by atoms with Crippen LogP contribution in [-0.4, -0.2) is 56.8 Å². The first kappa shape index (κ1) is 22.6. The number of nitrogens with zero attached hydrogens (tertiary/aromatic N) is 5. The number of benzene rings is 2. The SMILES string of the molecule is C=CCOc1ccccc1CN1C[C@H](n2cnnn2)C[C@H]1C(=O)NCCc1ccc(F)cc1. The highest BCUT2D eigenvalue weighted by atomic mass is 19.1. The molecule has 0 spiro atoms. The zero-order chi connectivity index (χ0) is 23.0. The summed E-state index contributed by atoms with van der Waals surface area (Å²) in [6.45, 7) is 5.79. The van der Waals surface area contributed by atoms with E-state index >= 15 is 0 Å². The number of hydrogen-bond donors (Lipinski definition) is 1. The van der Waals surface area contributed by atoms with Gasteiger partial charge in [0.05, 0.1) is 12.1 Å². The van der Waals surface area contributed by atoms with Crippen LogP contribution < -0.4 is 10.1 Å². The Kier molecular flexibility index (Phi) is 7.41. The smallest absolute Gasteiger partial charge is 0.237 e. The molecule has 2 aromatic carbocycles. The van der Waals surface area contributed by atoms with Crippen LogP contribution in [0.1, 0.15) is 23.6 Å². The van der Waals surface area contributed by atoms with Gasteiger partial charge in [0.2, 0.25) is 5.91 Å². The van der Waals surface area contributed by atoms with E-state index in [2.05, 4.69) is 32.3 Å². The zero-order valence-corrected chi connectivity index (χ0v) is 18.3. The van der Waals surface area contributed by atoms with Gasteiger partial charge in [0.15, 0.2) is 0 Å². The van der Waals surface area contributed by atoms with Crippen molar-refractivity contribution in [2.75, 3.05) is 19.7 Å². The monoisotopic (exact) mass is 450 g/mol. The molecule has 33 heavy (non-hydrogen) atoms. The number of ether oxygens (including phenoxy) is 1. The quantitative estimate of drug-likeness (QED) is 0.478. The Morgan fingerprint density at radius 2 is 2.06 bits per heavy atom. The average molecular weight is 451 g/mol. The van der Waals surface area contributed by atoms with Crippen LogP contribution in [-0.2, 0) is 17.8 Å². The molecule has 2 atom stereocenters. The second-order valence-electron chi connectivity index (χ2n) is 8.00. The van der Waals surface area contributed by atoms with Gasteiger partial charge in [-0.25, -0.2) is 9.07 Å². The summed E-state index contributed by atoms with van der Waals surface area (Å²) in [6.07, 6.45) is 4.52. The molecule has 9 heteroatoms. The number of nitrogens with one attached hydrogen (secondary N) is 1. The lowest BCUT2D eigenvalue weighted by atomic mass is 10.1. The normalized spacial score (nSPS) is 18.2. The van der Waals surface area contributed by atoms with Crippen molar-refractivity contribution in [3.63, 3.8) is 0 Å². The summed E-state index contributed by atoms with van der Waals surface area (Å²) in [4.78, 5) is 15.3. The van der Waals surface area contributed by atoms with Gasteiger partial charge in [0.1, 0.15) is 24.5 Å². The number of amides is 1. The van der Waals surface area contributed by atoms with Crippen LogP contribution in [0.3, 0.4) is 0 Å². The molecule has 0 bridgehead atoms. The summed E-state index contributed by atoms with van der Waals surface area (Å²) in [5.41, 5.74) is 1.97. The van der Waals surface area contributed by atoms with Gasteiger partial charge in [-0.1, -0.05) is 43.0 Å². The third-order valence-corrected chi connectivity index (χ3v) is 5.75. The van der Waals surface area contributed by atoms with E-state index in [1.807, 2.05) is 24.3 Å². The first-order valence-corrected chi connectivity index (χ1v) is 10.9. The minimum Gasteiger partial charge on any atom is -0.489 e. The molecule has 0 unspecified atom stereocenters. The van der Waals surface area contributed by atoms with Crippen molar-refractivity contribution in [1.82, 2.24) is 30.4 Å². The molecule has 0 saturated carbocycles. The number of aromatic nitrogens is 4. The number of tetrazole rings is 1. The summed E-state index contributed by atoms with van der Waals surface area (Å²) in [7, 11) is 0. The second-order valence-corrected chi connectivity index (χ2v) is 8.00. The van der Waals surface area contributed by atoms with Gasteiger partial charge in [0.25, 0.3) is 0 Å². The molecule has 1 aliphatic rings. The molecule has 4 rings (SSSR count). The fourth-order valence-electron chi connectivity index (χ4n) is 4.10. The Hall–Kier alpha value is -3.59. The largest absolute Gasteiger partial charge is 0.489 e. The highest BCUT2D eigenvalue weighted by molar-refractivity contribution is 5.82. The maximum Gasteiger partial charge on any atom is 0.237 e. The minimum atomic E-state index is -0.333. The molecule has 1 amide bonds. The van der Waals surface area contributed by atoms with Crippen LogP contribution in [0.2, 0.25) is 0 Å². The third-order valence-electron chi connectivity index (χ3n) is 5.75. The van der Waals surface area contributed by atoms with E-state index in [0.29, 0.717) is 39.1 Å². The molecule has 1 N–H and O–H groups in total. The summed E-state index contributed by atoms with van der Waals surface area (Å²) < 4.78 is 20.6. The van der Waals surface area contributed by atoms with Crippen molar-refractivity contribution < 1.29 is 13.9 Å². The Bertz CT molecular complexity index is 1060. The molecule has 1 fully saturated rings. The van der Waals surface area contributed by atoms with Gasteiger partial charge < -0.3 is 10.1 Å². The van der Waals surface area contributed by atoms with Crippen LogP contribution in [0.25, 0.3) is 0 Å². The molecule has 8 nitrogen and oxygen atoms in total. The Morgan fingerprint density at radius 1 is 1.24 bits per heavy atom. The number of carbonyl (C=O) groups excluding carboxylic acids is 1. The molecule has 1 aromatic heterocycles. The average Bonchev–Trinajstić information content (AvgIpc) is 3.50. The lowest BCUT2D eigenvalue weighted by Gasteiger charge is -2.24. The number of halogens is 1. The van der Waals surface area contributed by atoms with E-state index in [9.17, 15) is 9.18 Å². The number of para-hydroxylation sites is 1. The number of carbonyl (C=O) groups is 1. The topological polar surface area (TPSA) is 85.2 Å². The molecule has 0 radical (unpaired) electrons. The van der Waals surface area contributed by atoms with Gasteiger partial charge in [-0.3, -0.25) is 9.69 Å². The molecule has 1 aliphatic heterocycles. The van der Waals surface area contributed by atoms with Crippen molar-refractivity contribution in [3.8, 4) is 5.75 Å². The Morgan fingerprint density at radius 3 is 2.82 bits per heavy atom. The Labute approximate surface area is 192 Å². The maximum atomic E-state index is 13.1. The summed E-state index contributed by atoms with van der Waals surface area (Å²) in [5.74, 6) is 0.464. The third kappa shape index (κ3) is 5.81. The van der Waals surface area contributed by atoms with E-state index in [1.165, 1.54) is 12.1 Å². The molecule has 1 saturated heterocycles. The highest BCUT2D eigenvalue weighted by Gasteiger charge is 2.38. The van der Waals surface area contributed by atoms with Gasteiger partial charge in [0, 0.05) is 25.2 Å². The first-order chi connectivity index (χ1) is 16.1. The number of rotatable bonds is 10. The first-order valence-electron chi connectivity index (χ1n) is 10.9. The number of likely N-dealkylation sites (tertiary alicyclic amines) is 1. The molecule has 2 heterocycles. The zero-order valence-electron chi connectivity index (χ0n) is 18.3. The van der Waals surface area contributed by atoms with E-state index in [-0.39, 0.29) is 23.8 Å². The van der Waals surface area contributed by atoms with Crippen LogP contribution in [0.4, 0.5) is 4.39 Å². The van der Waals surface area contributed by atoms with E-state index < -0.39 is 0 Å². The summed E-state index contributed by atoms with van der Waals surface area (Å²) >= 11 is 0. The number of hydrogen-bond acceptors (Lipinski definition) is 6. The summed E-state index contributed by atoms with van der Waals surface area (Å²) in [5, 5.41) is 14.5. The van der Waals surface area contributed by atoms with Gasteiger partial charge in [-0.15, -0.1) is 5.10 Å². The predicted molar refractivity (Wildman–Crippen MR) is 121 cm³/mol. The van der Waals surface area contributed by atoms with Crippen molar-refractivity contribution in [1.29, 1.82) is 0 Å². The van der Waals surface area contributed by atoms with Gasteiger partial charge in [-0.05, 0) is 47.0 Å². The molecular weight excluding hydrogens is 423 g/mol. The minimum absolute atomic E-state index is 0.00546. The lowest BCUT2D eigenvalue weighted by Crippen LogP contribution is -2.43. The van der Waals surface area contributed by atoms with E-state index in [4.69, 9.17) is 4.74 Å². The van der Waals surface area contributed by atoms with Crippen molar-refractivity contribution in [2.24, 2.45) is 0 Å². The Balaban J connectivity index is 1.44. The van der Waals surface area contributed by atoms with Crippen molar-refractivity contribution >= 4 is 5.91 Å². The standard InChI is InChI=1S/C24H27FN6O2/c1-2-13-33-23-6-4-3-5-19(23)15-30-16-21(31-17-27-28-29-31)14-22(30)24(32)26-12-11-18-7-9-20(25)10-8-18/h2-10,17,21-22H,1,11-16H2,(H,26,32)/t21-,22+/m1/s1. The molecule has 0 aliphatic carbocycles. The summed E-state index contributed by atoms with van der Waals surface area (Å²) in [6, 6.07) is 13.8. The molecule has 172 valence electrons. The van der Waals surface area contributed by atoms with Crippen molar-refractivity contribution in [2.45, 2.75) is 31.5 Å². The highest BCUT2D eigenvalue weighted by Crippen LogP contribution is 2.30. The van der Waals surface area contributed by atoms with Gasteiger partial charge >= 0.3 is 0 Å². The fourth-order valence-corrected chi connectivity index (χ4v) is 4.10. The predicted octanol–water partition coefficient (Wildman–Crippen LogP) is 2.55.